The summed E-state index contributed by atoms with van der Waals surface area (Å²) < 4.78 is 21.1. The molecule has 3 unspecified atom stereocenters. The number of hydrogen-bond donors (Lipinski definition) is 3. The third-order valence-electron chi connectivity index (χ3n) is 5.56. The summed E-state index contributed by atoms with van der Waals surface area (Å²) in [7, 11) is 0. The number of hydroxylamine groups is 1. The number of esters is 2. The smallest absolute Gasteiger partial charge is 0.408 e. The van der Waals surface area contributed by atoms with Crippen LogP contribution in [0, 0.1) is 0 Å². The van der Waals surface area contributed by atoms with E-state index in [0.29, 0.717) is 6.42 Å². The number of aliphatic imine (C=N–C) groups is 1. The van der Waals surface area contributed by atoms with Crippen molar-refractivity contribution in [3.05, 3.63) is 35.9 Å². The van der Waals surface area contributed by atoms with Crippen LogP contribution in [0.1, 0.15) is 38.7 Å². The number of nitrogens with zero attached hydrogens (tertiary/aromatic N) is 1. The minimum atomic E-state index is -2.03. The molecule has 35 heavy (non-hydrogen) atoms. The second-order valence-corrected chi connectivity index (χ2v) is 8.07. The molecule has 3 N–H and O–H groups in total. The molecule has 0 saturated carbocycles. The van der Waals surface area contributed by atoms with Gasteiger partial charge in [0.05, 0.1) is 32.5 Å². The highest BCUT2D eigenvalue weighted by molar-refractivity contribution is 5.99. The Morgan fingerprint density at radius 3 is 2.54 bits per heavy atom. The normalized spacial score (nSPS) is 25.7. The van der Waals surface area contributed by atoms with Crippen molar-refractivity contribution in [2.24, 2.45) is 4.99 Å². The number of alkyl carbamates (subject to hydrolysis) is 1. The number of amidine groups is 1. The molecule has 1 aromatic rings. The number of ether oxygens (including phenoxy) is 4. The number of benzene rings is 1. The zero-order valence-electron chi connectivity index (χ0n) is 19.8. The summed E-state index contributed by atoms with van der Waals surface area (Å²) in [5, 5.41) is 12.2. The fourth-order valence-electron chi connectivity index (χ4n) is 3.72. The first-order valence-electron chi connectivity index (χ1n) is 11.4. The van der Waals surface area contributed by atoms with Gasteiger partial charge in [-0.1, -0.05) is 30.3 Å². The SMILES string of the molecule is CCOC(=O)CC1(C(=O)OCC)N=C(C2(NC(=O)OCc3ccccc3)CCC(CO)OC2)NO1. The van der Waals surface area contributed by atoms with E-state index in [2.05, 4.69) is 15.8 Å². The van der Waals surface area contributed by atoms with Crippen LogP contribution in [-0.4, -0.2) is 72.8 Å². The molecule has 3 atom stereocenters. The Kier molecular flexibility index (Phi) is 9.01. The molecular weight excluding hydrogens is 462 g/mol. The van der Waals surface area contributed by atoms with Gasteiger partial charge in [-0.2, -0.15) is 0 Å². The zero-order valence-corrected chi connectivity index (χ0v) is 19.8. The highest BCUT2D eigenvalue weighted by atomic mass is 16.7. The minimum absolute atomic E-state index is 0.0358. The second kappa shape index (κ2) is 12.0. The van der Waals surface area contributed by atoms with Crippen LogP contribution in [0.3, 0.4) is 0 Å². The molecule has 0 spiro atoms. The van der Waals surface area contributed by atoms with Crippen molar-refractivity contribution in [1.82, 2.24) is 10.8 Å². The van der Waals surface area contributed by atoms with Crippen molar-refractivity contribution < 1.29 is 43.3 Å². The van der Waals surface area contributed by atoms with E-state index in [1.807, 2.05) is 30.3 Å². The first-order valence-corrected chi connectivity index (χ1v) is 11.4. The van der Waals surface area contributed by atoms with E-state index in [0.717, 1.165) is 5.56 Å². The summed E-state index contributed by atoms with van der Waals surface area (Å²) in [6, 6.07) is 9.14. The number of hydrogen-bond acceptors (Lipinski definition) is 11. The number of carbonyl (C=O) groups excluding carboxylic acids is 3. The summed E-state index contributed by atoms with van der Waals surface area (Å²) >= 11 is 0. The maximum Gasteiger partial charge on any atom is 0.408 e. The average Bonchev–Trinajstić information content (AvgIpc) is 3.30. The third kappa shape index (κ3) is 6.47. The molecule has 0 radical (unpaired) electrons. The molecule has 1 fully saturated rings. The topological polar surface area (TPSA) is 154 Å². The van der Waals surface area contributed by atoms with E-state index in [9.17, 15) is 19.5 Å². The van der Waals surface area contributed by atoms with E-state index in [4.69, 9.17) is 23.8 Å². The van der Waals surface area contributed by atoms with Gasteiger partial charge in [0.25, 0.3) is 5.72 Å². The Balaban J connectivity index is 1.84. The summed E-state index contributed by atoms with van der Waals surface area (Å²) in [6.45, 7) is 3.14. The van der Waals surface area contributed by atoms with Crippen LogP contribution in [0.4, 0.5) is 4.79 Å². The molecule has 2 aliphatic rings. The van der Waals surface area contributed by atoms with Gasteiger partial charge < -0.3 is 29.4 Å². The van der Waals surface area contributed by atoms with E-state index in [-0.39, 0.29) is 45.3 Å². The molecule has 1 aromatic carbocycles. The van der Waals surface area contributed by atoms with Gasteiger partial charge in [-0.3, -0.25) is 4.79 Å². The lowest BCUT2D eigenvalue weighted by atomic mass is 9.88. The summed E-state index contributed by atoms with van der Waals surface area (Å²) in [6.07, 6.45) is -1.05. The Hall–Kier alpha value is -3.22. The highest BCUT2D eigenvalue weighted by Gasteiger charge is 2.54. The van der Waals surface area contributed by atoms with Crippen LogP contribution in [0.5, 0.6) is 0 Å². The fraction of sp³-hybridized carbons (Fsp3) is 0.565. The van der Waals surface area contributed by atoms with Crippen molar-refractivity contribution in [2.45, 2.75) is 57.1 Å². The van der Waals surface area contributed by atoms with Gasteiger partial charge in [0.15, 0.2) is 5.84 Å². The van der Waals surface area contributed by atoms with Gasteiger partial charge in [0, 0.05) is 0 Å². The summed E-state index contributed by atoms with van der Waals surface area (Å²) in [4.78, 5) is 47.6. The molecule has 192 valence electrons. The summed E-state index contributed by atoms with van der Waals surface area (Å²) in [5.74, 6) is -1.54. The number of carbonyl (C=O) groups is 3. The molecule has 2 aliphatic heterocycles. The number of aliphatic hydroxyl groups excluding tert-OH is 1. The lowest BCUT2D eigenvalue weighted by Gasteiger charge is -2.39. The fourth-order valence-corrected chi connectivity index (χ4v) is 3.72. The predicted octanol–water partition coefficient (Wildman–Crippen LogP) is 0.969. The summed E-state index contributed by atoms with van der Waals surface area (Å²) in [5.41, 5.74) is 0.0748. The maximum absolute atomic E-state index is 12.7. The first-order chi connectivity index (χ1) is 16.9. The minimum Gasteiger partial charge on any atom is -0.466 e. The van der Waals surface area contributed by atoms with Crippen LogP contribution in [0.2, 0.25) is 0 Å². The van der Waals surface area contributed by atoms with Gasteiger partial charge in [-0.25, -0.2) is 24.9 Å². The second-order valence-electron chi connectivity index (χ2n) is 8.07. The molecule has 1 amide bonds. The van der Waals surface area contributed by atoms with Crippen LogP contribution in [-0.2, 0) is 40.0 Å². The van der Waals surface area contributed by atoms with Gasteiger partial charge in [0.1, 0.15) is 18.6 Å². The van der Waals surface area contributed by atoms with Gasteiger partial charge in [-0.15, -0.1) is 0 Å². The van der Waals surface area contributed by atoms with Crippen LogP contribution < -0.4 is 10.8 Å². The third-order valence-corrected chi connectivity index (χ3v) is 5.56. The molecule has 0 aliphatic carbocycles. The van der Waals surface area contributed by atoms with Crippen LogP contribution >= 0.6 is 0 Å². The van der Waals surface area contributed by atoms with E-state index >= 15 is 0 Å². The molecule has 12 nitrogen and oxygen atoms in total. The maximum atomic E-state index is 12.7. The molecule has 0 aromatic heterocycles. The molecule has 3 rings (SSSR count). The van der Waals surface area contributed by atoms with Crippen molar-refractivity contribution in [2.75, 3.05) is 26.4 Å². The average molecular weight is 494 g/mol. The Labute approximate surface area is 202 Å². The number of aliphatic hydroxyl groups is 1. The monoisotopic (exact) mass is 493 g/mol. The Morgan fingerprint density at radius 1 is 1.17 bits per heavy atom. The Morgan fingerprint density at radius 2 is 1.91 bits per heavy atom. The van der Waals surface area contributed by atoms with Gasteiger partial charge >= 0.3 is 18.0 Å². The lowest BCUT2D eigenvalue weighted by Crippen LogP contribution is -2.63. The predicted molar refractivity (Wildman–Crippen MR) is 121 cm³/mol. The van der Waals surface area contributed by atoms with Gasteiger partial charge in [-0.05, 0) is 32.3 Å². The molecule has 2 heterocycles. The number of rotatable bonds is 10. The van der Waals surface area contributed by atoms with Crippen molar-refractivity contribution in [3.63, 3.8) is 0 Å². The zero-order chi connectivity index (χ0) is 25.3. The molecular formula is C23H31N3O9. The van der Waals surface area contributed by atoms with Crippen LogP contribution in [0.15, 0.2) is 35.3 Å². The van der Waals surface area contributed by atoms with E-state index in [1.165, 1.54) is 0 Å². The highest BCUT2D eigenvalue weighted by Crippen LogP contribution is 2.32. The van der Waals surface area contributed by atoms with Crippen molar-refractivity contribution in [1.29, 1.82) is 0 Å². The largest absolute Gasteiger partial charge is 0.466 e. The number of nitrogens with one attached hydrogen (secondary N) is 2. The van der Waals surface area contributed by atoms with Gasteiger partial charge in [0.2, 0.25) is 0 Å². The van der Waals surface area contributed by atoms with Crippen molar-refractivity contribution in [3.8, 4) is 0 Å². The Bertz CT molecular complexity index is 916. The standard InChI is InChI=1S/C23H31N3O9/c1-3-31-18(28)12-23(20(29)32-4-2)24-19(26-35-23)22(11-10-17(13-27)34-15-22)25-21(30)33-14-16-8-6-5-7-9-16/h5-9,17,27H,3-4,10-15H2,1-2H3,(H,24,26)(H,25,30). The molecule has 1 saturated heterocycles. The quantitative estimate of drug-likeness (QED) is 0.317. The van der Waals surface area contributed by atoms with E-state index < -0.39 is 41.8 Å². The molecule has 12 heteroatoms. The van der Waals surface area contributed by atoms with E-state index in [1.54, 1.807) is 13.8 Å². The van der Waals surface area contributed by atoms with Crippen LogP contribution in [0.25, 0.3) is 0 Å². The first kappa shape index (κ1) is 26.4. The number of amides is 1. The van der Waals surface area contributed by atoms with Crippen molar-refractivity contribution >= 4 is 23.9 Å². The lowest BCUT2D eigenvalue weighted by molar-refractivity contribution is -0.180. The molecule has 0 bridgehead atoms.